The molecule has 1 atom stereocenters. The summed E-state index contributed by atoms with van der Waals surface area (Å²) in [6, 6.07) is 10.9. The number of fused-ring (bicyclic) bond motifs is 1. The van der Waals surface area contributed by atoms with Crippen molar-refractivity contribution in [3.63, 3.8) is 0 Å². The Kier molecular flexibility index (Phi) is 2.72. The van der Waals surface area contributed by atoms with Crippen LogP contribution in [-0.2, 0) is 0 Å². The minimum Gasteiger partial charge on any atom is -0.0651 e. The second kappa shape index (κ2) is 4.37. The van der Waals surface area contributed by atoms with Gasteiger partial charge in [-0.2, -0.15) is 0 Å². The number of allylic oxidation sites excluding steroid dienone is 6. The SMILES string of the molecule is CCCC1=C2C=CC=C2C(c2ccccc2)C1. The second-order valence-electron chi connectivity index (χ2n) is 4.92. The maximum Gasteiger partial charge on any atom is 0.0133 e. The molecule has 17 heavy (non-hydrogen) atoms. The van der Waals surface area contributed by atoms with Gasteiger partial charge in [-0.25, -0.2) is 0 Å². The van der Waals surface area contributed by atoms with Crippen molar-refractivity contribution < 1.29 is 0 Å². The monoisotopic (exact) mass is 222 g/mol. The fourth-order valence-electron chi connectivity index (χ4n) is 3.05. The van der Waals surface area contributed by atoms with E-state index in [0.29, 0.717) is 5.92 Å². The van der Waals surface area contributed by atoms with E-state index in [1.54, 1.807) is 11.1 Å². The van der Waals surface area contributed by atoms with Crippen molar-refractivity contribution in [2.24, 2.45) is 0 Å². The van der Waals surface area contributed by atoms with E-state index in [0.717, 1.165) is 0 Å². The smallest absolute Gasteiger partial charge is 0.0133 e. The molecule has 0 heterocycles. The third-order valence-corrected chi connectivity index (χ3v) is 3.81. The summed E-state index contributed by atoms with van der Waals surface area (Å²) in [6.45, 7) is 2.27. The summed E-state index contributed by atoms with van der Waals surface area (Å²) in [5.74, 6) is 0.600. The third-order valence-electron chi connectivity index (χ3n) is 3.81. The van der Waals surface area contributed by atoms with Crippen LogP contribution in [0.5, 0.6) is 0 Å². The highest BCUT2D eigenvalue weighted by molar-refractivity contribution is 5.60. The number of rotatable bonds is 3. The van der Waals surface area contributed by atoms with Crippen LogP contribution in [0.3, 0.4) is 0 Å². The molecule has 0 saturated heterocycles. The quantitative estimate of drug-likeness (QED) is 0.691. The van der Waals surface area contributed by atoms with E-state index in [2.05, 4.69) is 55.5 Å². The lowest BCUT2D eigenvalue weighted by atomic mass is 9.91. The number of hydrogen-bond acceptors (Lipinski definition) is 0. The van der Waals surface area contributed by atoms with Gasteiger partial charge in [0.2, 0.25) is 0 Å². The molecule has 0 nitrogen and oxygen atoms in total. The van der Waals surface area contributed by atoms with Crippen LogP contribution in [0, 0.1) is 0 Å². The van der Waals surface area contributed by atoms with E-state index >= 15 is 0 Å². The molecule has 2 aliphatic carbocycles. The van der Waals surface area contributed by atoms with Crippen LogP contribution < -0.4 is 0 Å². The first-order chi connectivity index (χ1) is 8.40. The maximum atomic E-state index is 2.30. The van der Waals surface area contributed by atoms with Gasteiger partial charge in [0, 0.05) is 5.92 Å². The predicted molar refractivity (Wildman–Crippen MR) is 73.0 cm³/mol. The zero-order valence-corrected chi connectivity index (χ0v) is 10.3. The third kappa shape index (κ3) is 1.78. The molecule has 1 aromatic carbocycles. The minimum atomic E-state index is 0.600. The van der Waals surface area contributed by atoms with E-state index < -0.39 is 0 Å². The summed E-state index contributed by atoms with van der Waals surface area (Å²) in [5.41, 5.74) is 6.19. The van der Waals surface area contributed by atoms with Crippen LogP contribution in [0.25, 0.3) is 0 Å². The van der Waals surface area contributed by atoms with E-state index in [1.165, 1.54) is 30.4 Å². The van der Waals surface area contributed by atoms with Gasteiger partial charge in [0.1, 0.15) is 0 Å². The molecule has 86 valence electrons. The summed E-state index contributed by atoms with van der Waals surface area (Å²) in [7, 11) is 0. The van der Waals surface area contributed by atoms with E-state index in [9.17, 15) is 0 Å². The molecule has 0 fully saturated rings. The predicted octanol–water partition coefficient (Wildman–Crippen LogP) is 4.77. The van der Waals surface area contributed by atoms with Gasteiger partial charge in [0.05, 0.1) is 0 Å². The molecule has 0 aromatic heterocycles. The molecule has 3 rings (SSSR count). The Morgan fingerprint density at radius 3 is 2.76 bits per heavy atom. The maximum absolute atomic E-state index is 2.30. The second-order valence-corrected chi connectivity index (χ2v) is 4.92. The Morgan fingerprint density at radius 2 is 2.00 bits per heavy atom. The van der Waals surface area contributed by atoms with E-state index in [1.807, 2.05) is 0 Å². The molecule has 0 aliphatic heterocycles. The van der Waals surface area contributed by atoms with Crippen molar-refractivity contribution in [2.45, 2.75) is 32.1 Å². The Labute approximate surface area is 103 Å². The summed E-state index contributed by atoms with van der Waals surface area (Å²) < 4.78 is 0. The van der Waals surface area contributed by atoms with Crippen molar-refractivity contribution in [2.75, 3.05) is 0 Å². The van der Waals surface area contributed by atoms with Crippen LogP contribution in [0.15, 0.2) is 65.3 Å². The first-order valence-corrected chi connectivity index (χ1v) is 6.55. The lowest BCUT2D eigenvalue weighted by molar-refractivity contribution is 0.783. The highest BCUT2D eigenvalue weighted by Crippen LogP contribution is 2.46. The molecule has 0 amide bonds. The Balaban J connectivity index is 1.94. The Morgan fingerprint density at radius 1 is 1.18 bits per heavy atom. The summed E-state index contributed by atoms with van der Waals surface area (Å²) in [5, 5.41) is 0. The molecule has 0 saturated carbocycles. The van der Waals surface area contributed by atoms with Gasteiger partial charge >= 0.3 is 0 Å². The standard InChI is InChI=1S/C17H18/c1-2-7-14-12-17(13-8-4-3-5-9-13)16-11-6-10-15(14)16/h3-6,8-11,17H,2,7,12H2,1H3. The molecule has 0 spiro atoms. The molecule has 0 N–H and O–H groups in total. The highest BCUT2D eigenvalue weighted by atomic mass is 14.3. The van der Waals surface area contributed by atoms with Crippen molar-refractivity contribution in [3.8, 4) is 0 Å². The van der Waals surface area contributed by atoms with Gasteiger partial charge < -0.3 is 0 Å². The highest BCUT2D eigenvalue weighted by Gasteiger charge is 2.29. The summed E-state index contributed by atoms with van der Waals surface area (Å²) >= 11 is 0. The van der Waals surface area contributed by atoms with Crippen LogP contribution in [0.1, 0.15) is 37.7 Å². The first kappa shape index (κ1) is 10.6. The fraction of sp³-hybridized carbons (Fsp3) is 0.294. The van der Waals surface area contributed by atoms with Crippen LogP contribution in [-0.4, -0.2) is 0 Å². The molecular formula is C17H18. The molecular weight excluding hydrogens is 204 g/mol. The van der Waals surface area contributed by atoms with Gasteiger partial charge in [-0.05, 0) is 29.6 Å². The molecule has 1 aromatic rings. The van der Waals surface area contributed by atoms with Gasteiger partial charge in [0.25, 0.3) is 0 Å². The van der Waals surface area contributed by atoms with Crippen LogP contribution >= 0.6 is 0 Å². The van der Waals surface area contributed by atoms with Crippen molar-refractivity contribution in [1.82, 2.24) is 0 Å². The lowest BCUT2D eigenvalue weighted by Gasteiger charge is -2.12. The Bertz CT molecular complexity index is 500. The zero-order chi connectivity index (χ0) is 11.7. The molecule has 2 aliphatic rings. The van der Waals surface area contributed by atoms with Crippen LogP contribution in [0.2, 0.25) is 0 Å². The van der Waals surface area contributed by atoms with Gasteiger partial charge in [-0.1, -0.05) is 67.5 Å². The molecule has 0 heteroatoms. The Hall–Kier alpha value is -1.56. The summed E-state index contributed by atoms with van der Waals surface area (Å²) in [4.78, 5) is 0. The van der Waals surface area contributed by atoms with Crippen molar-refractivity contribution in [1.29, 1.82) is 0 Å². The van der Waals surface area contributed by atoms with Gasteiger partial charge in [-0.15, -0.1) is 0 Å². The van der Waals surface area contributed by atoms with Gasteiger partial charge in [-0.3, -0.25) is 0 Å². The molecule has 1 unspecified atom stereocenters. The van der Waals surface area contributed by atoms with E-state index in [-0.39, 0.29) is 0 Å². The summed E-state index contributed by atoms with van der Waals surface area (Å²) in [6.07, 6.45) is 10.5. The zero-order valence-electron chi connectivity index (χ0n) is 10.3. The van der Waals surface area contributed by atoms with Crippen molar-refractivity contribution >= 4 is 0 Å². The van der Waals surface area contributed by atoms with E-state index in [4.69, 9.17) is 0 Å². The van der Waals surface area contributed by atoms with Crippen molar-refractivity contribution in [3.05, 3.63) is 70.8 Å². The largest absolute Gasteiger partial charge is 0.0651 e. The average molecular weight is 222 g/mol. The average Bonchev–Trinajstić information content (AvgIpc) is 2.94. The molecule has 0 bridgehead atoms. The molecule has 0 radical (unpaired) electrons. The number of hydrogen-bond donors (Lipinski definition) is 0. The fourth-order valence-corrected chi connectivity index (χ4v) is 3.05. The normalized spacial score (nSPS) is 21.9. The lowest BCUT2D eigenvalue weighted by Crippen LogP contribution is -1.96. The topological polar surface area (TPSA) is 0 Å². The number of benzene rings is 1. The van der Waals surface area contributed by atoms with Gasteiger partial charge in [0.15, 0.2) is 0 Å². The first-order valence-electron chi connectivity index (χ1n) is 6.55. The van der Waals surface area contributed by atoms with Crippen LogP contribution in [0.4, 0.5) is 0 Å². The minimum absolute atomic E-state index is 0.600.